The van der Waals surface area contributed by atoms with Gasteiger partial charge in [-0.1, -0.05) is 19.1 Å². The van der Waals surface area contributed by atoms with Gasteiger partial charge >= 0.3 is 0 Å². The zero-order valence-electron chi connectivity index (χ0n) is 17.6. The van der Waals surface area contributed by atoms with E-state index >= 15 is 0 Å². The van der Waals surface area contributed by atoms with Crippen LogP contribution in [0.25, 0.3) is 0 Å². The average Bonchev–Trinajstić information content (AvgIpc) is 3.18. The summed E-state index contributed by atoms with van der Waals surface area (Å²) >= 11 is 0. The molecule has 2 heterocycles. The number of hydrogen-bond acceptors (Lipinski definition) is 6. The maximum absolute atomic E-state index is 13.1. The van der Waals surface area contributed by atoms with E-state index in [1.807, 2.05) is 6.92 Å². The molecular formula is C23H31N3O4. The van der Waals surface area contributed by atoms with Crippen molar-refractivity contribution < 1.29 is 19.8 Å². The molecule has 7 heteroatoms. The molecule has 2 aliphatic heterocycles. The lowest BCUT2D eigenvalue weighted by atomic mass is 9.85. The van der Waals surface area contributed by atoms with Crippen LogP contribution in [-0.4, -0.2) is 77.1 Å². The van der Waals surface area contributed by atoms with Crippen LogP contribution in [0.4, 0.5) is 5.69 Å². The van der Waals surface area contributed by atoms with Crippen molar-refractivity contribution in [2.24, 2.45) is 5.92 Å². The molecule has 1 aromatic carbocycles. The lowest BCUT2D eigenvalue weighted by Crippen LogP contribution is -2.47. The van der Waals surface area contributed by atoms with Gasteiger partial charge in [-0.05, 0) is 29.7 Å². The second kappa shape index (κ2) is 8.88. The third-order valence-electron chi connectivity index (χ3n) is 6.59. The standard InChI is InChI=1S/C23H31N3O4/c1-2-16-12-20(22(29)13-21(16)28)23(30)26-14-17-3-4-19(11-18(17)15-26)25-7-5-24(6-8-25)9-10-27/h3-4,11-12,16,22,27,29H,2,5-10,13-15H2,1H3. The van der Waals surface area contributed by atoms with Crippen LogP contribution < -0.4 is 4.90 Å². The van der Waals surface area contributed by atoms with Gasteiger partial charge in [0.2, 0.25) is 0 Å². The summed E-state index contributed by atoms with van der Waals surface area (Å²) in [5.74, 6) is -0.424. The van der Waals surface area contributed by atoms with Crippen LogP contribution in [0.2, 0.25) is 0 Å². The van der Waals surface area contributed by atoms with Crippen LogP contribution >= 0.6 is 0 Å². The number of carbonyl (C=O) groups is 2. The monoisotopic (exact) mass is 413 g/mol. The van der Waals surface area contributed by atoms with Crippen molar-refractivity contribution in [1.82, 2.24) is 9.80 Å². The number of β-amino-alcohol motifs (C(OH)–C–C–N with tert-alkyl or cyclic N) is 1. The van der Waals surface area contributed by atoms with Gasteiger partial charge in [0, 0.05) is 69.4 Å². The molecular weight excluding hydrogens is 382 g/mol. The maximum atomic E-state index is 13.1. The number of carbonyl (C=O) groups excluding carboxylic acids is 2. The highest BCUT2D eigenvalue weighted by Gasteiger charge is 2.34. The van der Waals surface area contributed by atoms with Crippen molar-refractivity contribution in [3.8, 4) is 0 Å². The molecule has 1 saturated heterocycles. The number of ketones is 1. The van der Waals surface area contributed by atoms with E-state index in [0.29, 0.717) is 25.1 Å². The molecule has 30 heavy (non-hydrogen) atoms. The minimum Gasteiger partial charge on any atom is -0.395 e. The van der Waals surface area contributed by atoms with E-state index in [9.17, 15) is 14.7 Å². The van der Waals surface area contributed by atoms with Crippen molar-refractivity contribution in [2.75, 3.05) is 44.2 Å². The molecule has 7 nitrogen and oxygen atoms in total. The van der Waals surface area contributed by atoms with Crippen LogP contribution in [0.1, 0.15) is 30.9 Å². The first kappa shape index (κ1) is 21.0. The van der Waals surface area contributed by atoms with E-state index in [4.69, 9.17) is 5.11 Å². The molecule has 1 aliphatic carbocycles. The molecule has 2 N–H and O–H groups in total. The highest BCUT2D eigenvalue weighted by molar-refractivity contribution is 5.99. The fourth-order valence-electron chi connectivity index (χ4n) is 4.71. The molecule has 2 unspecified atom stereocenters. The molecule has 3 aliphatic rings. The highest BCUT2D eigenvalue weighted by atomic mass is 16.3. The lowest BCUT2D eigenvalue weighted by Gasteiger charge is -2.36. The Balaban J connectivity index is 1.44. The predicted molar refractivity (Wildman–Crippen MR) is 114 cm³/mol. The topological polar surface area (TPSA) is 84.3 Å². The first-order valence-corrected chi connectivity index (χ1v) is 10.9. The summed E-state index contributed by atoms with van der Waals surface area (Å²) in [5.41, 5.74) is 3.82. The van der Waals surface area contributed by atoms with Crippen molar-refractivity contribution in [2.45, 2.75) is 39.0 Å². The van der Waals surface area contributed by atoms with Crippen molar-refractivity contribution in [1.29, 1.82) is 0 Å². The molecule has 0 aromatic heterocycles. The highest BCUT2D eigenvalue weighted by Crippen LogP contribution is 2.31. The number of piperazine rings is 1. The number of aliphatic hydroxyl groups is 2. The Morgan fingerprint density at radius 2 is 1.87 bits per heavy atom. The summed E-state index contributed by atoms with van der Waals surface area (Å²) in [4.78, 5) is 31.5. The molecule has 1 aromatic rings. The number of allylic oxidation sites excluding steroid dienone is 1. The number of anilines is 1. The number of Topliss-reactive ketones (excluding diaryl/α,β-unsaturated/α-hetero) is 1. The fraction of sp³-hybridized carbons (Fsp3) is 0.565. The van der Waals surface area contributed by atoms with Gasteiger partial charge in [-0.15, -0.1) is 0 Å². The molecule has 162 valence electrons. The number of nitrogens with zero attached hydrogens (tertiary/aromatic N) is 3. The summed E-state index contributed by atoms with van der Waals surface area (Å²) in [5, 5.41) is 19.4. The summed E-state index contributed by atoms with van der Waals surface area (Å²) in [6.07, 6.45) is 1.36. The second-order valence-corrected chi connectivity index (χ2v) is 8.49. The zero-order chi connectivity index (χ0) is 21.3. The predicted octanol–water partition coefficient (Wildman–Crippen LogP) is 0.929. The number of benzene rings is 1. The normalized spacial score (nSPS) is 24.8. The quantitative estimate of drug-likeness (QED) is 0.747. The summed E-state index contributed by atoms with van der Waals surface area (Å²) < 4.78 is 0. The smallest absolute Gasteiger partial charge is 0.252 e. The van der Waals surface area contributed by atoms with Crippen LogP contribution in [-0.2, 0) is 22.7 Å². The van der Waals surface area contributed by atoms with Gasteiger partial charge in [0.05, 0.1) is 12.7 Å². The first-order chi connectivity index (χ1) is 14.5. The van der Waals surface area contributed by atoms with Gasteiger partial charge in [0.15, 0.2) is 0 Å². The fourth-order valence-corrected chi connectivity index (χ4v) is 4.71. The van der Waals surface area contributed by atoms with E-state index < -0.39 is 6.10 Å². The van der Waals surface area contributed by atoms with Crippen molar-refractivity contribution >= 4 is 17.4 Å². The zero-order valence-corrected chi connectivity index (χ0v) is 17.6. The number of amides is 1. The van der Waals surface area contributed by atoms with Gasteiger partial charge in [-0.25, -0.2) is 0 Å². The Morgan fingerprint density at radius 1 is 1.13 bits per heavy atom. The molecule has 0 radical (unpaired) electrons. The van der Waals surface area contributed by atoms with Gasteiger partial charge in [0.25, 0.3) is 5.91 Å². The molecule has 0 saturated carbocycles. The Hall–Kier alpha value is -2.22. The molecule has 0 bridgehead atoms. The number of rotatable bonds is 5. The number of aliphatic hydroxyl groups excluding tert-OH is 2. The molecule has 1 fully saturated rings. The Morgan fingerprint density at radius 3 is 2.57 bits per heavy atom. The van der Waals surface area contributed by atoms with Crippen LogP contribution in [0.5, 0.6) is 0 Å². The lowest BCUT2D eigenvalue weighted by molar-refractivity contribution is -0.130. The summed E-state index contributed by atoms with van der Waals surface area (Å²) in [6, 6.07) is 6.39. The summed E-state index contributed by atoms with van der Waals surface area (Å²) in [7, 11) is 0. The van der Waals surface area contributed by atoms with Gasteiger partial charge < -0.3 is 20.0 Å². The number of fused-ring (bicyclic) bond motifs is 1. The van der Waals surface area contributed by atoms with Crippen LogP contribution in [0.15, 0.2) is 29.8 Å². The molecule has 0 spiro atoms. The molecule has 4 rings (SSSR count). The SMILES string of the molecule is CCC1C=C(C(=O)N2Cc3ccc(N4CCN(CCO)CC4)cc3C2)C(O)CC1=O. The third kappa shape index (κ3) is 4.15. The van der Waals surface area contributed by atoms with Gasteiger partial charge in [-0.3, -0.25) is 14.5 Å². The van der Waals surface area contributed by atoms with E-state index in [0.717, 1.165) is 43.9 Å². The maximum Gasteiger partial charge on any atom is 0.252 e. The Labute approximate surface area is 177 Å². The van der Waals surface area contributed by atoms with Crippen molar-refractivity contribution in [3.05, 3.63) is 41.0 Å². The van der Waals surface area contributed by atoms with Crippen molar-refractivity contribution in [3.63, 3.8) is 0 Å². The average molecular weight is 414 g/mol. The minimum atomic E-state index is -0.998. The second-order valence-electron chi connectivity index (χ2n) is 8.49. The van der Waals surface area contributed by atoms with Crippen LogP contribution in [0, 0.1) is 5.92 Å². The minimum absolute atomic E-state index is 0.00925. The third-order valence-corrected chi connectivity index (χ3v) is 6.59. The molecule has 1 amide bonds. The first-order valence-electron chi connectivity index (χ1n) is 10.9. The summed E-state index contributed by atoms with van der Waals surface area (Å²) in [6.45, 7) is 7.63. The molecule has 2 atom stereocenters. The van der Waals surface area contributed by atoms with Gasteiger partial charge in [0.1, 0.15) is 5.78 Å². The largest absolute Gasteiger partial charge is 0.395 e. The van der Waals surface area contributed by atoms with Gasteiger partial charge in [-0.2, -0.15) is 0 Å². The van der Waals surface area contributed by atoms with E-state index in [-0.39, 0.29) is 30.6 Å². The van der Waals surface area contributed by atoms with E-state index in [1.54, 1.807) is 11.0 Å². The Bertz CT molecular complexity index is 845. The number of hydrogen-bond donors (Lipinski definition) is 2. The van der Waals surface area contributed by atoms with Crippen LogP contribution in [0.3, 0.4) is 0 Å². The van der Waals surface area contributed by atoms with E-state index in [2.05, 4.69) is 28.0 Å². The Kier molecular flexibility index (Phi) is 6.22. The van der Waals surface area contributed by atoms with E-state index in [1.165, 1.54) is 5.69 Å².